The van der Waals surface area contributed by atoms with Gasteiger partial charge in [-0.3, -0.25) is 14.4 Å². The van der Waals surface area contributed by atoms with Crippen LogP contribution >= 0.6 is 0 Å². The maximum absolute atomic E-state index is 12.9. The molecule has 4 rings (SSSR count). The van der Waals surface area contributed by atoms with Crippen LogP contribution in [-0.2, 0) is 20.9 Å². The standard InChI is InChI=1S/C22H24N4O4/c1-2-30-22(29)17-8-10-24(11-9-17)20(27)15-25-12-13-26-19(21(25)28)14-18(23-26)16-6-4-3-5-7-16/h3-7,12-14,17H,2,8-11,15H2,1H3. The number of piperidine rings is 1. The lowest BCUT2D eigenvalue weighted by atomic mass is 9.97. The summed E-state index contributed by atoms with van der Waals surface area (Å²) in [7, 11) is 0. The first-order chi connectivity index (χ1) is 14.6. The van der Waals surface area contributed by atoms with E-state index in [0.717, 1.165) is 5.56 Å². The summed E-state index contributed by atoms with van der Waals surface area (Å²) in [6.07, 6.45) is 4.44. The fourth-order valence-electron chi connectivity index (χ4n) is 3.77. The Morgan fingerprint density at radius 1 is 1.13 bits per heavy atom. The SMILES string of the molecule is CCOC(=O)C1CCN(C(=O)Cn2ccn3nc(-c4ccccc4)cc3c2=O)CC1. The minimum absolute atomic E-state index is 0.0365. The number of amides is 1. The molecule has 0 radical (unpaired) electrons. The third kappa shape index (κ3) is 3.98. The molecule has 1 aliphatic rings. The predicted molar refractivity (Wildman–Crippen MR) is 111 cm³/mol. The van der Waals surface area contributed by atoms with Crippen molar-refractivity contribution in [1.82, 2.24) is 19.1 Å². The van der Waals surface area contributed by atoms with Gasteiger partial charge < -0.3 is 14.2 Å². The number of nitrogens with zero attached hydrogens (tertiary/aromatic N) is 4. The van der Waals surface area contributed by atoms with E-state index in [4.69, 9.17) is 4.74 Å². The van der Waals surface area contributed by atoms with Gasteiger partial charge in [0.15, 0.2) is 0 Å². The normalized spacial score (nSPS) is 14.8. The smallest absolute Gasteiger partial charge is 0.309 e. The highest BCUT2D eigenvalue weighted by Crippen LogP contribution is 2.20. The molecule has 8 nitrogen and oxygen atoms in total. The lowest BCUT2D eigenvalue weighted by Gasteiger charge is -2.31. The molecule has 2 aromatic heterocycles. The van der Waals surface area contributed by atoms with Crippen LogP contribution in [0.25, 0.3) is 16.8 Å². The van der Waals surface area contributed by atoms with Gasteiger partial charge in [-0.15, -0.1) is 0 Å². The Labute approximate surface area is 173 Å². The zero-order chi connectivity index (χ0) is 21.1. The number of benzene rings is 1. The van der Waals surface area contributed by atoms with Crippen LogP contribution in [-0.4, -0.2) is 50.7 Å². The average Bonchev–Trinajstić information content (AvgIpc) is 3.22. The highest BCUT2D eigenvalue weighted by atomic mass is 16.5. The van der Waals surface area contributed by atoms with E-state index in [0.29, 0.717) is 43.7 Å². The van der Waals surface area contributed by atoms with E-state index in [1.165, 1.54) is 9.08 Å². The van der Waals surface area contributed by atoms with E-state index in [1.54, 1.807) is 30.3 Å². The number of fused-ring (bicyclic) bond motifs is 1. The summed E-state index contributed by atoms with van der Waals surface area (Å²) in [5.41, 5.74) is 1.79. The van der Waals surface area contributed by atoms with Crippen LogP contribution in [0.15, 0.2) is 53.6 Å². The molecule has 0 unspecified atom stereocenters. The molecule has 1 amide bonds. The van der Waals surface area contributed by atoms with E-state index >= 15 is 0 Å². The molecular formula is C22H24N4O4. The Balaban J connectivity index is 1.46. The molecule has 0 atom stereocenters. The van der Waals surface area contributed by atoms with Gasteiger partial charge in [0.1, 0.15) is 12.1 Å². The highest BCUT2D eigenvalue weighted by Gasteiger charge is 2.28. The zero-order valence-corrected chi connectivity index (χ0v) is 16.9. The van der Waals surface area contributed by atoms with E-state index < -0.39 is 0 Å². The summed E-state index contributed by atoms with van der Waals surface area (Å²) in [5.74, 6) is -0.482. The zero-order valence-electron chi connectivity index (χ0n) is 16.9. The van der Waals surface area contributed by atoms with Crippen molar-refractivity contribution in [2.45, 2.75) is 26.3 Å². The van der Waals surface area contributed by atoms with E-state index in [9.17, 15) is 14.4 Å². The summed E-state index contributed by atoms with van der Waals surface area (Å²) in [6, 6.07) is 11.4. The number of carbonyl (C=O) groups excluding carboxylic acids is 2. The van der Waals surface area contributed by atoms with Crippen molar-refractivity contribution in [3.63, 3.8) is 0 Å². The highest BCUT2D eigenvalue weighted by molar-refractivity contribution is 5.77. The van der Waals surface area contributed by atoms with Gasteiger partial charge in [0.2, 0.25) is 5.91 Å². The lowest BCUT2D eigenvalue weighted by Crippen LogP contribution is -2.43. The summed E-state index contributed by atoms with van der Waals surface area (Å²) in [6.45, 7) is 3.10. The molecule has 0 aliphatic carbocycles. The summed E-state index contributed by atoms with van der Waals surface area (Å²) < 4.78 is 8.01. The monoisotopic (exact) mass is 408 g/mol. The molecule has 0 N–H and O–H groups in total. The molecular weight excluding hydrogens is 384 g/mol. The number of hydrogen-bond acceptors (Lipinski definition) is 5. The molecule has 30 heavy (non-hydrogen) atoms. The minimum Gasteiger partial charge on any atom is -0.466 e. The second-order valence-corrected chi connectivity index (χ2v) is 7.36. The summed E-state index contributed by atoms with van der Waals surface area (Å²) in [5, 5.41) is 4.46. The van der Waals surface area contributed by atoms with Crippen LogP contribution in [0.1, 0.15) is 19.8 Å². The van der Waals surface area contributed by atoms with Crippen molar-refractivity contribution in [3.05, 3.63) is 59.1 Å². The van der Waals surface area contributed by atoms with Gasteiger partial charge >= 0.3 is 5.97 Å². The van der Waals surface area contributed by atoms with Crippen LogP contribution in [0.5, 0.6) is 0 Å². The number of aromatic nitrogens is 3. The van der Waals surface area contributed by atoms with Gasteiger partial charge in [0.25, 0.3) is 5.56 Å². The van der Waals surface area contributed by atoms with Gasteiger partial charge in [-0.1, -0.05) is 30.3 Å². The minimum atomic E-state index is -0.262. The second-order valence-electron chi connectivity index (χ2n) is 7.36. The van der Waals surface area contributed by atoms with Gasteiger partial charge in [-0.25, -0.2) is 4.52 Å². The summed E-state index contributed by atoms with van der Waals surface area (Å²) >= 11 is 0. The molecule has 0 bridgehead atoms. The second kappa shape index (κ2) is 8.52. The number of likely N-dealkylation sites (tertiary alicyclic amines) is 1. The molecule has 3 heterocycles. The van der Waals surface area contributed by atoms with Crippen LogP contribution in [0, 0.1) is 5.92 Å². The van der Waals surface area contributed by atoms with Gasteiger partial charge in [-0.2, -0.15) is 5.10 Å². The Morgan fingerprint density at radius 3 is 2.57 bits per heavy atom. The fourth-order valence-corrected chi connectivity index (χ4v) is 3.77. The average molecular weight is 408 g/mol. The van der Waals surface area contributed by atoms with Crippen LogP contribution < -0.4 is 5.56 Å². The van der Waals surface area contributed by atoms with Crippen molar-refractivity contribution < 1.29 is 14.3 Å². The molecule has 1 saturated heterocycles. The van der Waals surface area contributed by atoms with E-state index in [-0.39, 0.29) is 29.9 Å². The third-order valence-electron chi connectivity index (χ3n) is 5.45. The Morgan fingerprint density at radius 2 is 1.87 bits per heavy atom. The Hall–Kier alpha value is -3.42. The van der Waals surface area contributed by atoms with E-state index in [2.05, 4.69) is 5.10 Å². The lowest BCUT2D eigenvalue weighted by molar-refractivity contribution is -0.151. The molecule has 1 aromatic carbocycles. The fraction of sp³-hybridized carbons (Fsp3) is 0.364. The number of hydrogen-bond donors (Lipinski definition) is 0. The quantitative estimate of drug-likeness (QED) is 0.603. The number of carbonyl (C=O) groups is 2. The van der Waals surface area contributed by atoms with Crippen LogP contribution in [0.4, 0.5) is 0 Å². The molecule has 8 heteroatoms. The van der Waals surface area contributed by atoms with Gasteiger partial charge in [-0.05, 0) is 25.8 Å². The first kappa shape index (κ1) is 19.9. The van der Waals surface area contributed by atoms with Crippen molar-refractivity contribution in [1.29, 1.82) is 0 Å². The molecule has 1 fully saturated rings. The molecule has 156 valence electrons. The Kier molecular flexibility index (Phi) is 5.65. The number of ether oxygens (including phenoxy) is 1. The van der Waals surface area contributed by atoms with Gasteiger partial charge in [0.05, 0.1) is 18.2 Å². The van der Waals surface area contributed by atoms with Crippen molar-refractivity contribution >= 4 is 17.4 Å². The predicted octanol–water partition coefficient (Wildman–Crippen LogP) is 1.96. The molecule has 3 aromatic rings. The maximum atomic E-state index is 12.9. The molecule has 1 aliphatic heterocycles. The largest absolute Gasteiger partial charge is 0.466 e. The van der Waals surface area contributed by atoms with Crippen LogP contribution in [0.3, 0.4) is 0 Å². The van der Waals surface area contributed by atoms with E-state index in [1.807, 2.05) is 30.3 Å². The first-order valence-corrected chi connectivity index (χ1v) is 10.2. The molecule has 0 saturated carbocycles. The van der Waals surface area contributed by atoms with Crippen LogP contribution in [0.2, 0.25) is 0 Å². The van der Waals surface area contributed by atoms with Crippen molar-refractivity contribution in [3.8, 4) is 11.3 Å². The number of esters is 1. The summed E-state index contributed by atoms with van der Waals surface area (Å²) in [4.78, 5) is 39.2. The van der Waals surface area contributed by atoms with Crippen molar-refractivity contribution in [2.24, 2.45) is 5.92 Å². The molecule has 0 spiro atoms. The Bertz CT molecular complexity index is 1110. The maximum Gasteiger partial charge on any atom is 0.309 e. The number of rotatable bonds is 5. The topological polar surface area (TPSA) is 85.9 Å². The van der Waals surface area contributed by atoms with Gasteiger partial charge in [0, 0.05) is 31.0 Å². The first-order valence-electron chi connectivity index (χ1n) is 10.2. The third-order valence-corrected chi connectivity index (χ3v) is 5.45. The van der Waals surface area contributed by atoms with Crippen molar-refractivity contribution in [2.75, 3.05) is 19.7 Å².